The molecule has 2 aromatic heterocycles. The van der Waals surface area contributed by atoms with Crippen LogP contribution in [-0.2, 0) is 0 Å². The van der Waals surface area contributed by atoms with E-state index in [0.717, 1.165) is 16.4 Å². The fraction of sp³-hybridized carbons (Fsp3) is 0.154. The van der Waals surface area contributed by atoms with Crippen molar-refractivity contribution in [3.05, 3.63) is 46.7 Å². The third-order valence-electron chi connectivity index (χ3n) is 2.96. The summed E-state index contributed by atoms with van der Waals surface area (Å²) in [5, 5.41) is 7.65. The summed E-state index contributed by atoms with van der Waals surface area (Å²) < 4.78 is 14.7. The zero-order valence-corrected chi connectivity index (χ0v) is 10.4. The van der Waals surface area contributed by atoms with E-state index in [2.05, 4.69) is 20.4 Å². The van der Waals surface area contributed by atoms with Gasteiger partial charge in [0, 0.05) is 11.8 Å². The van der Waals surface area contributed by atoms with Gasteiger partial charge in [-0.1, -0.05) is 7.43 Å². The van der Waals surface area contributed by atoms with Crippen molar-refractivity contribution in [2.45, 2.75) is 13.6 Å². The summed E-state index contributed by atoms with van der Waals surface area (Å²) in [5.41, 5.74) is 2.58. The highest BCUT2D eigenvalue weighted by atomic mass is 32.1. The number of thiazole rings is 1. The van der Waals surface area contributed by atoms with Crippen LogP contribution in [0.4, 0.5) is 10.3 Å². The van der Waals surface area contributed by atoms with Gasteiger partial charge in [0.25, 0.3) is 0 Å². The van der Waals surface area contributed by atoms with E-state index in [1.807, 2.05) is 10.9 Å². The maximum Gasteiger partial charge on any atom is 0.226 e. The van der Waals surface area contributed by atoms with E-state index in [9.17, 15) is 4.39 Å². The normalized spacial score (nSPS) is 15.8. The summed E-state index contributed by atoms with van der Waals surface area (Å²) in [7, 11) is 0. The van der Waals surface area contributed by atoms with Crippen LogP contribution in [0.15, 0.2) is 36.0 Å². The van der Waals surface area contributed by atoms with Gasteiger partial charge in [0.05, 0.1) is 10.4 Å². The molecule has 0 saturated carbocycles. The zero-order chi connectivity index (χ0) is 12.8. The van der Waals surface area contributed by atoms with E-state index in [4.69, 9.17) is 0 Å². The summed E-state index contributed by atoms with van der Waals surface area (Å²) in [6.45, 7) is 0. The van der Waals surface area contributed by atoms with Crippen molar-refractivity contribution in [3.8, 4) is 11.4 Å². The summed E-state index contributed by atoms with van der Waals surface area (Å²) >= 11 is 1.57. The summed E-state index contributed by atoms with van der Waals surface area (Å²) in [6.07, 6.45) is 1.81. The molecular weight excluding hydrogens is 277 g/mol. The maximum absolute atomic E-state index is 12.9. The van der Waals surface area contributed by atoms with Crippen LogP contribution in [0.5, 0.6) is 0 Å². The monoisotopic (exact) mass is 289 g/mol. The number of nitrogens with zero attached hydrogens (tertiary/aromatic N) is 4. The smallest absolute Gasteiger partial charge is 0.226 e. The highest BCUT2D eigenvalue weighted by Crippen LogP contribution is 2.34. The second-order valence-electron chi connectivity index (χ2n) is 4.16. The molecule has 0 aliphatic carbocycles. The Labute approximate surface area is 119 Å². The molecule has 20 heavy (non-hydrogen) atoms. The molecule has 102 valence electrons. The molecule has 0 spiro atoms. The molecule has 5 nitrogen and oxygen atoms in total. The van der Waals surface area contributed by atoms with E-state index < -0.39 is 0 Å². The van der Waals surface area contributed by atoms with Gasteiger partial charge < -0.3 is 5.32 Å². The van der Waals surface area contributed by atoms with Gasteiger partial charge in [-0.3, -0.25) is 4.98 Å². The molecule has 0 radical (unpaired) electrons. The Hall–Kier alpha value is -2.28. The Bertz CT molecular complexity index is 720. The van der Waals surface area contributed by atoms with Crippen molar-refractivity contribution >= 4 is 17.3 Å². The number of fused-ring (bicyclic) bond motifs is 1. The van der Waals surface area contributed by atoms with Gasteiger partial charge >= 0.3 is 0 Å². The molecule has 0 amide bonds. The highest BCUT2D eigenvalue weighted by Gasteiger charge is 2.31. The SMILES string of the molecule is C.Fc1ccc(-c2nc3n(n2)C(c2cncs2)N3)cc1. The van der Waals surface area contributed by atoms with E-state index >= 15 is 0 Å². The fourth-order valence-corrected chi connectivity index (χ4v) is 2.65. The summed E-state index contributed by atoms with van der Waals surface area (Å²) in [5.74, 6) is 1.05. The van der Waals surface area contributed by atoms with Crippen LogP contribution in [0.25, 0.3) is 11.4 Å². The highest BCUT2D eigenvalue weighted by molar-refractivity contribution is 7.09. The quantitative estimate of drug-likeness (QED) is 0.787. The van der Waals surface area contributed by atoms with Crippen LogP contribution < -0.4 is 5.32 Å². The molecule has 0 bridgehead atoms. The molecule has 1 N–H and O–H groups in total. The van der Waals surface area contributed by atoms with Gasteiger partial charge in [-0.05, 0) is 24.3 Å². The molecule has 3 heterocycles. The van der Waals surface area contributed by atoms with Crippen molar-refractivity contribution in [1.29, 1.82) is 0 Å². The molecule has 4 rings (SSSR count). The first kappa shape index (κ1) is 12.7. The number of hydrogen-bond donors (Lipinski definition) is 1. The lowest BCUT2D eigenvalue weighted by Crippen LogP contribution is -2.31. The Kier molecular flexibility index (Phi) is 2.98. The Balaban J connectivity index is 0.00000121. The average molecular weight is 289 g/mol. The number of halogens is 1. The number of benzene rings is 1. The Morgan fingerprint density at radius 2 is 2.05 bits per heavy atom. The van der Waals surface area contributed by atoms with E-state index in [1.54, 1.807) is 29.0 Å². The minimum absolute atomic E-state index is 0. The van der Waals surface area contributed by atoms with E-state index in [0.29, 0.717) is 5.82 Å². The van der Waals surface area contributed by atoms with Crippen molar-refractivity contribution in [3.63, 3.8) is 0 Å². The van der Waals surface area contributed by atoms with Gasteiger partial charge in [0.2, 0.25) is 5.95 Å². The summed E-state index contributed by atoms with van der Waals surface area (Å²) in [6, 6.07) is 6.15. The van der Waals surface area contributed by atoms with Crippen molar-refractivity contribution < 1.29 is 4.39 Å². The molecule has 1 aliphatic heterocycles. The average Bonchev–Trinajstić information content (AvgIpc) is 3.01. The molecule has 1 atom stereocenters. The molecule has 0 fully saturated rings. The molecule has 1 aliphatic rings. The predicted molar refractivity (Wildman–Crippen MR) is 76.0 cm³/mol. The first-order valence-electron chi connectivity index (χ1n) is 5.69. The first-order valence-corrected chi connectivity index (χ1v) is 6.56. The number of nitrogens with one attached hydrogen (secondary N) is 1. The predicted octanol–water partition coefficient (Wildman–Crippen LogP) is 3.15. The topological polar surface area (TPSA) is 55.6 Å². The minimum Gasteiger partial charge on any atom is -0.328 e. The molecule has 7 heteroatoms. The molecule has 1 aromatic carbocycles. The van der Waals surface area contributed by atoms with Crippen molar-refractivity contribution in [1.82, 2.24) is 19.7 Å². The van der Waals surface area contributed by atoms with Crippen LogP contribution in [-0.4, -0.2) is 19.7 Å². The lowest BCUT2D eigenvalue weighted by Gasteiger charge is -2.27. The van der Waals surface area contributed by atoms with Gasteiger partial charge in [-0.2, -0.15) is 4.98 Å². The number of anilines is 1. The van der Waals surface area contributed by atoms with E-state index in [-0.39, 0.29) is 19.4 Å². The van der Waals surface area contributed by atoms with Crippen LogP contribution in [0.1, 0.15) is 18.5 Å². The number of aromatic nitrogens is 4. The van der Waals surface area contributed by atoms with Gasteiger partial charge in [0.1, 0.15) is 5.82 Å². The van der Waals surface area contributed by atoms with Crippen molar-refractivity contribution in [2.24, 2.45) is 0 Å². The number of hydrogen-bond acceptors (Lipinski definition) is 5. The largest absolute Gasteiger partial charge is 0.328 e. The number of rotatable bonds is 2. The minimum atomic E-state index is -0.265. The first-order chi connectivity index (χ1) is 9.31. The van der Waals surface area contributed by atoms with Gasteiger partial charge in [-0.25, -0.2) is 9.07 Å². The summed E-state index contributed by atoms with van der Waals surface area (Å²) in [4.78, 5) is 9.49. The molecule has 1 unspecified atom stereocenters. The molecule has 3 aromatic rings. The Morgan fingerprint density at radius 3 is 2.75 bits per heavy atom. The van der Waals surface area contributed by atoms with E-state index in [1.165, 1.54) is 12.1 Å². The fourth-order valence-electron chi connectivity index (χ4n) is 1.99. The van der Waals surface area contributed by atoms with Crippen LogP contribution in [0, 0.1) is 5.82 Å². The lowest BCUT2D eigenvalue weighted by molar-refractivity contribution is 0.517. The second-order valence-corrected chi connectivity index (χ2v) is 5.08. The Morgan fingerprint density at radius 1 is 1.25 bits per heavy atom. The van der Waals surface area contributed by atoms with Crippen LogP contribution in [0.2, 0.25) is 0 Å². The molecule has 0 saturated heterocycles. The zero-order valence-electron chi connectivity index (χ0n) is 9.62. The standard InChI is InChI=1S/C12H8FN5S.CH4/c13-8-3-1-7(2-4-8)10-15-12-16-11(18(12)17-10)9-5-14-6-19-9;/h1-6,11H,(H,15,16,17);1H4. The van der Waals surface area contributed by atoms with Crippen molar-refractivity contribution in [2.75, 3.05) is 5.32 Å². The van der Waals surface area contributed by atoms with Crippen LogP contribution in [0.3, 0.4) is 0 Å². The maximum atomic E-state index is 12.9. The third-order valence-corrected chi connectivity index (χ3v) is 3.79. The second kappa shape index (κ2) is 4.68. The molecular formula is C13H12FN5S. The van der Waals surface area contributed by atoms with Crippen LogP contribution >= 0.6 is 11.3 Å². The van der Waals surface area contributed by atoms with Gasteiger partial charge in [0.15, 0.2) is 12.0 Å². The lowest BCUT2D eigenvalue weighted by atomic mass is 10.2. The van der Waals surface area contributed by atoms with Gasteiger partial charge in [-0.15, -0.1) is 16.4 Å². The third kappa shape index (κ3) is 1.87.